The molecular formula is C17H19FN4O2S. The summed E-state index contributed by atoms with van der Waals surface area (Å²) in [7, 11) is 0. The summed E-state index contributed by atoms with van der Waals surface area (Å²) in [6.07, 6.45) is 2.30. The van der Waals surface area contributed by atoms with Gasteiger partial charge in [-0.05, 0) is 30.4 Å². The fourth-order valence-corrected chi connectivity index (χ4v) is 3.79. The minimum Gasteiger partial charge on any atom is -0.352 e. The molecule has 6 nitrogen and oxygen atoms in total. The van der Waals surface area contributed by atoms with Crippen LogP contribution >= 0.6 is 11.3 Å². The van der Waals surface area contributed by atoms with Crippen LogP contribution in [-0.4, -0.2) is 45.3 Å². The summed E-state index contributed by atoms with van der Waals surface area (Å²) in [6, 6.07) is 3.62. The van der Waals surface area contributed by atoms with Gasteiger partial charge in [-0.3, -0.25) is 14.3 Å². The van der Waals surface area contributed by atoms with Gasteiger partial charge in [-0.2, -0.15) is 16.4 Å². The first-order chi connectivity index (χ1) is 12.0. The number of aromatic nitrogens is 2. The Morgan fingerprint density at radius 3 is 2.92 bits per heavy atom. The molecule has 1 unspecified atom stereocenters. The standard InChI is InChI=1S/C17H19FN4O2S/c18-17(3-4-17)16(24)21-8-12(9-22-14(10-21)1-5-20-22)7-19-15(23)13-2-6-25-11-13/h1-2,5-6,11-12H,3-4,7-10H2,(H,19,23). The van der Waals surface area contributed by atoms with Crippen molar-refractivity contribution in [3.8, 4) is 0 Å². The Balaban J connectivity index is 1.47. The van der Waals surface area contributed by atoms with Gasteiger partial charge in [-0.15, -0.1) is 0 Å². The van der Waals surface area contributed by atoms with E-state index in [4.69, 9.17) is 0 Å². The number of nitrogens with one attached hydrogen (secondary N) is 1. The Kier molecular flexibility index (Phi) is 4.07. The molecule has 1 atom stereocenters. The van der Waals surface area contributed by atoms with Crippen LogP contribution in [0.25, 0.3) is 0 Å². The number of amides is 2. The lowest BCUT2D eigenvalue weighted by atomic mass is 10.1. The van der Waals surface area contributed by atoms with Crippen LogP contribution in [0.5, 0.6) is 0 Å². The van der Waals surface area contributed by atoms with Gasteiger partial charge in [0.15, 0.2) is 5.67 Å². The van der Waals surface area contributed by atoms with Gasteiger partial charge in [0.2, 0.25) is 0 Å². The van der Waals surface area contributed by atoms with Gasteiger partial charge in [0.25, 0.3) is 11.8 Å². The third-order valence-corrected chi connectivity index (χ3v) is 5.44. The molecule has 1 aliphatic carbocycles. The molecule has 1 fully saturated rings. The molecular weight excluding hydrogens is 343 g/mol. The molecule has 1 saturated carbocycles. The minimum atomic E-state index is -1.68. The van der Waals surface area contributed by atoms with Gasteiger partial charge in [0.1, 0.15) is 0 Å². The average molecular weight is 362 g/mol. The molecule has 25 heavy (non-hydrogen) atoms. The molecule has 0 bridgehead atoms. The SMILES string of the molecule is O=C(NCC1CN(C(=O)C2(F)CC2)Cc2ccnn2C1)c1ccsc1. The fourth-order valence-electron chi connectivity index (χ4n) is 3.16. The summed E-state index contributed by atoms with van der Waals surface area (Å²) in [5.41, 5.74) is -0.157. The third kappa shape index (κ3) is 3.30. The van der Waals surface area contributed by atoms with Crippen LogP contribution in [-0.2, 0) is 17.9 Å². The minimum absolute atomic E-state index is 0.0185. The maximum Gasteiger partial charge on any atom is 0.260 e. The second-order valence-electron chi connectivity index (χ2n) is 6.74. The number of hydrogen-bond acceptors (Lipinski definition) is 4. The van der Waals surface area contributed by atoms with E-state index >= 15 is 0 Å². The topological polar surface area (TPSA) is 67.2 Å². The highest BCUT2D eigenvalue weighted by Gasteiger charge is 2.53. The van der Waals surface area contributed by atoms with Gasteiger partial charge in [-0.25, -0.2) is 4.39 Å². The van der Waals surface area contributed by atoms with Crippen molar-refractivity contribution in [3.63, 3.8) is 0 Å². The van der Waals surface area contributed by atoms with Crippen molar-refractivity contribution >= 4 is 23.2 Å². The maximum atomic E-state index is 14.3. The Morgan fingerprint density at radius 2 is 2.20 bits per heavy atom. The fraction of sp³-hybridized carbons (Fsp3) is 0.471. The number of halogens is 1. The van der Waals surface area contributed by atoms with Crippen LogP contribution in [0.15, 0.2) is 29.1 Å². The van der Waals surface area contributed by atoms with Crippen molar-refractivity contribution in [2.45, 2.75) is 31.6 Å². The number of fused-ring (bicyclic) bond motifs is 1. The van der Waals surface area contributed by atoms with E-state index in [2.05, 4.69) is 10.4 Å². The largest absolute Gasteiger partial charge is 0.352 e. The number of thiophene rings is 1. The summed E-state index contributed by atoms with van der Waals surface area (Å²) < 4.78 is 16.1. The number of carbonyl (C=O) groups excluding carboxylic acids is 2. The molecule has 1 N–H and O–H groups in total. The predicted octanol–water partition coefficient (Wildman–Crippen LogP) is 1.84. The Morgan fingerprint density at radius 1 is 1.36 bits per heavy atom. The molecule has 2 amide bonds. The van der Waals surface area contributed by atoms with Crippen molar-refractivity contribution in [2.75, 3.05) is 13.1 Å². The lowest BCUT2D eigenvalue weighted by molar-refractivity contribution is -0.139. The monoisotopic (exact) mass is 362 g/mol. The normalized spacial score (nSPS) is 21.3. The first-order valence-corrected chi connectivity index (χ1v) is 9.29. The van der Waals surface area contributed by atoms with Crippen LogP contribution in [0.3, 0.4) is 0 Å². The van der Waals surface area contributed by atoms with Crippen LogP contribution in [0, 0.1) is 5.92 Å². The molecule has 2 aromatic rings. The summed E-state index contributed by atoms with van der Waals surface area (Å²) in [4.78, 5) is 26.2. The molecule has 8 heteroatoms. The van der Waals surface area contributed by atoms with E-state index in [9.17, 15) is 14.0 Å². The average Bonchev–Trinajstić information content (AvgIpc) is 3.01. The first-order valence-electron chi connectivity index (χ1n) is 8.34. The molecule has 132 valence electrons. The number of alkyl halides is 1. The zero-order valence-electron chi connectivity index (χ0n) is 13.7. The highest BCUT2D eigenvalue weighted by atomic mass is 32.1. The quantitative estimate of drug-likeness (QED) is 0.902. The number of carbonyl (C=O) groups is 2. The Hall–Kier alpha value is -2.22. The molecule has 2 aliphatic rings. The Labute approximate surface area is 148 Å². The number of nitrogens with zero attached hydrogens (tertiary/aromatic N) is 3. The zero-order valence-corrected chi connectivity index (χ0v) is 14.5. The van der Waals surface area contributed by atoms with E-state index in [1.54, 1.807) is 22.5 Å². The number of hydrogen-bond donors (Lipinski definition) is 1. The molecule has 0 aromatic carbocycles. The lowest BCUT2D eigenvalue weighted by Gasteiger charge is -2.25. The molecule has 0 radical (unpaired) electrons. The predicted molar refractivity (Wildman–Crippen MR) is 90.9 cm³/mol. The van der Waals surface area contributed by atoms with Gasteiger partial charge >= 0.3 is 0 Å². The van der Waals surface area contributed by atoms with Crippen molar-refractivity contribution in [3.05, 3.63) is 40.3 Å². The Bertz CT molecular complexity index is 784. The van der Waals surface area contributed by atoms with Crippen LogP contribution < -0.4 is 5.32 Å². The van der Waals surface area contributed by atoms with E-state index in [-0.39, 0.29) is 11.8 Å². The van der Waals surface area contributed by atoms with Gasteiger partial charge < -0.3 is 10.2 Å². The van der Waals surface area contributed by atoms with E-state index in [1.807, 2.05) is 16.1 Å². The van der Waals surface area contributed by atoms with Crippen LogP contribution in [0.2, 0.25) is 0 Å². The van der Waals surface area contributed by atoms with Crippen molar-refractivity contribution in [2.24, 2.45) is 5.92 Å². The van der Waals surface area contributed by atoms with E-state index in [0.29, 0.717) is 44.6 Å². The smallest absolute Gasteiger partial charge is 0.260 e. The van der Waals surface area contributed by atoms with Crippen molar-refractivity contribution in [1.29, 1.82) is 0 Å². The summed E-state index contributed by atoms with van der Waals surface area (Å²) >= 11 is 1.47. The van der Waals surface area contributed by atoms with Crippen molar-refractivity contribution in [1.82, 2.24) is 20.0 Å². The van der Waals surface area contributed by atoms with Gasteiger partial charge in [0.05, 0.1) is 12.2 Å². The highest BCUT2D eigenvalue weighted by Crippen LogP contribution is 2.42. The molecule has 1 aliphatic heterocycles. The maximum absolute atomic E-state index is 14.3. The van der Waals surface area contributed by atoms with Crippen molar-refractivity contribution < 1.29 is 14.0 Å². The third-order valence-electron chi connectivity index (χ3n) is 4.76. The lowest BCUT2D eigenvalue weighted by Crippen LogP contribution is -2.42. The van der Waals surface area contributed by atoms with E-state index in [1.165, 1.54) is 11.3 Å². The van der Waals surface area contributed by atoms with Gasteiger partial charge in [-0.1, -0.05) is 0 Å². The first kappa shape index (κ1) is 16.3. The zero-order chi connectivity index (χ0) is 17.4. The highest BCUT2D eigenvalue weighted by molar-refractivity contribution is 7.08. The summed E-state index contributed by atoms with van der Waals surface area (Å²) in [6.45, 7) is 1.78. The second-order valence-corrected chi connectivity index (χ2v) is 7.52. The molecule has 4 rings (SSSR count). The van der Waals surface area contributed by atoms with Crippen LogP contribution in [0.4, 0.5) is 4.39 Å². The second kappa shape index (κ2) is 6.25. The van der Waals surface area contributed by atoms with Crippen LogP contribution in [0.1, 0.15) is 28.9 Å². The summed E-state index contributed by atoms with van der Waals surface area (Å²) in [5.74, 6) is -0.584. The number of rotatable bonds is 4. The van der Waals surface area contributed by atoms with E-state index in [0.717, 1.165) is 5.69 Å². The van der Waals surface area contributed by atoms with E-state index < -0.39 is 11.6 Å². The molecule has 2 aromatic heterocycles. The summed E-state index contributed by atoms with van der Waals surface area (Å²) in [5, 5.41) is 10.9. The van der Waals surface area contributed by atoms with Gasteiger partial charge in [0, 0.05) is 42.7 Å². The molecule has 0 spiro atoms. The molecule has 3 heterocycles. The molecule has 0 saturated heterocycles.